The van der Waals surface area contributed by atoms with E-state index >= 15 is 0 Å². The monoisotopic (exact) mass is 382 g/mol. The van der Waals surface area contributed by atoms with Crippen molar-refractivity contribution in [2.24, 2.45) is 0 Å². The molecule has 0 amide bonds. The van der Waals surface area contributed by atoms with Crippen molar-refractivity contribution in [3.05, 3.63) is 93.5 Å². The lowest BCUT2D eigenvalue weighted by molar-refractivity contribution is 0.577. The van der Waals surface area contributed by atoms with Crippen molar-refractivity contribution in [3.8, 4) is 0 Å². The lowest BCUT2D eigenvalue weighted by Gasteiger charge is -2.31. The van der Waals surface area contributed by atoms with Gasteiger partial charge >= 0.3 is 0 Å². The number of benzene rings is 1. The highest BCUT2D eigenvalue weighted by Gasteiger charge is 2.37. The molecule has 1 atom stereocenters. The van der Waals surface area contributed by atoms with Gasteiger partial charge in [0.05, 0.1) is 9.77 Å². The van der Waals surface area contributed by atoms with Gasteiger partial charge in [-0.1, -0.05) is 29.3 Å². The van der Waals surface area contributed by atoms with Crippen molar-refractivity contribution in [2.45, 2.75) is 4.75 Å². The van der Waals surface area contributed by atoms with Crippen LogP contribution in [0.3, 0.4) is 0 Å². The van der Waals surface area contributed by atoms with Crippen LogP contribution in [-0.2, 0) is 4.75 Å². The Bertz CT molecular complexity index is 890. The maximum absolute atomic E-state index is 14.5. The number of hydrogen-bond donors (Lipinski definition) is 1. The summed E-state index contributed by atoms with van der Waals surface area (Å²) in [6.07, 6.45) is 4.38. The molecule has 1 aromatic carbocycles. The molecule has 2 nitrogen and oxygen atoms in total. The zero-order chi connectivity index (χ0) is 17.3. The normalized spacial score (nSPS) is 13.5. The van der Waals surface area contributed by atoms with Crippen LogP contribution in [-0.4, -0.2) is 9.97 Å². The summed E-state index contributed by atoms with van der Waals surface area (Å²) in [5.74, 6) is -1.20. The van der Waals surface area contributed by atoms with E-state index < -0.39 is 16.4 Å². The molecule has 0 saturated carbocycles. The van der Waals surface area contributed by atoms with Gasteiger partial charge in [0, 0.05) is 24.2 Å². The molecule has 0 radical (unpaired) electrons. The molecule has 0 fully saturated rings. The van der Waals surface area contributed by atoms with Gasteiger partial charge in [-0.05, 0) is 41.5 Å². The minimum Gasteiger partial charge on any atom is -0.263 e. The van der Waals surface area contributed by atoms with Gasteiger partial charge in [-0.3, -0.25) is 4.98 Å². The molecule has 122 valence electrons. The summed E-state index contributed by atoms with van der Waals surface area (Å²) < 4.78 is 26.9. The number of aromatic nitrogens is 2. The fourth-order valence-corrected chi connectivity index (χ4v) is 3.43. The van der Waals surface area contributed by atoms with E-state index in [1.165, 1.54) is 18.6 Å². The molecule has 2 heterocycles. The van der Waals surface area contributed by atoms with Crippen LogP contribution in [0.25, 0.3) is 0 Å². The second-order valence-electron chi connectivity index (χ2n) is 5.06. The Hall–Kier alpha value is -1.69. The maximum Gasteiger partial charge on any atom is 0.129 e. The average molecular weight is 383 g/mol. The molecular weight excluding hydrogens is 373 g/mol. The van der Waals surface area contributed by atoms with E-state index in [4.69, 9.17) is 35.8 Å². The van der Waals surface area contributed by atoms with Crippen LogP contribution in [0.2, 0.25) is 10.2 Å². The van der Waals surface area contributed by atoms with Gasteiger partial charge in [-0.2, -0.15) is 12.6 Å². The summed E-state index contributed by atoms with van der Waals surface area (Å²) in [5, 5.41) is 0.543. The molecule has 0 saturated heterocycles. The Morgan fingerprint density at radius 2 is 1.75 bits per heavy atom. The minimum atomic E-state index is -1.37. The third-order valence-electron chi connectivity index (χ3n) is 3.63. The lowest BCUT2D eigenvalue weighted by atomic mass is 9.84. The second kappa shape index (κ2) is 6.67. The predicted octanol–water partition coefficient (Wildman–Crippen LogP) is 5.28. The standard InChI is InChI=1S/C17H10Cl2F2N2S/c18-14-9-22-6-5-12(14)17(24,10-1-4-16(19)23-8-10)13-7-11(20)2-3-15(13)21/h1-9,24H. The topological polar surface area (TPSA) is 25.8 Å². The largest absolute Gasteiger partial charge is 0.263 e. The van der Waals surface area contributed by atoms with E-state index in [1.54, 1.807) is 18.2 Å². The van der Waals surface area contributed by atoms with E-state index in [-0.39, 0.29) is 15.7 Å². The highest BCUT2D eigenvalue weighted by Crippen LogP contribution is 2.46. The third kappa shape index (κ3) is 2.99. The molecule has 0 aliphatic rings. The van der Waals surface area contributed by atoms with E-state index in [0.717, 1.165) is 18.2 Å². The summed E-state index contributed by atoms with van der Waals surface area (Å²) in [7, 11) is 0. The molecule has 7 heteroatoms. The first-order chi connectivity index (χ1) is 11.4. The summed E-state index contributed by atoms with van der Waals surface area (Å²) in [5.41, 5.74) is 0.965. The van der Waals surface area contributed by atoms with Crippen molar-refractivity contribution >= 4 is 35.8 Å². The number of rotatable bonds is 3. The highest BCUT2D eigenvalue weighted by molar-refractivity contribution is 7.81. The number of hydrogen-bond acceptors (Lipinski definition) is 3. The summed E-state index contributed by atoms with van der Waals surface area (Å²) in [6, 6.07) is 7.98. The molecule has 3 rings (SSSR count). The first-order valence-electron chi connectivity index (χ1n) is 6.83. The molecule has 0 N–H and O–H groups in total. The van der Waals surface area contributed by atoms with E-state index in [2.05, 4.69) is 9.97 Å². The fraction of sp³-hybridized carbons (Fsp3) is 0.0588. The molecule has 2 aromatic heterocycles. The van der Waals surface area contributed by atoms with Gasteiger partial charge in [0.1, 0.15) is 16.8 Å². The molecule has 0 bridgehead atoms. The van der Waals surface area contributed by atoms with Gasteiger partial charge in [-0.15, -0.1) is 0 Å². The van der Waals surface area contributed by atoms with Gasteiger partial charge in [-0.25, -0.2) is 13.8 Å². The van der Waals surface area contributed by atoms with Crippen molar-refractivity contribution in [3.63, 3.8) is 0 Å². The first-order valence-corrected chi connectivity index (χ1v) is 8.03. The van der Waals surface area contributed by atoms with Crippen LogP contribution in [0, 0.1) is 11.6 Å². The van der Waals surface area contributed by atoms with Crippen molar-refractivity contribution in [1.82, 2.24) is 9.97 Å². The van der Waals surface area contributed by atoms with Gasteiger partial charge in [0.25, 0.3) is 0 Å². The Labute approximate surface area is 152 Å². The van der Waals surface area contributed by atoms with Crippen LogP contribution in [0.4, 0.5) is 8.78 Å². The molecule has 1 unspecified atom stereocenters. The van der Waals surface area contributed by atoms with Crippen LogP contribution in [0.15, 0.2) is 55.0 Å². The number of nitrogens with zero attached hydrogens (tertiary/aromatic N) is 2. The summed E-state index contributed by atoms with van der Waals surface area (Å²) in [6.45, 7) is 0. The van der Waals surface area contributed by atoms with Gasteiger partial charge in [0.15, 0.2) is 0 Å². The molecular formula is C17H10Cl2F2N2S. The fourth-order valence-electron chi connectivity index (χ4n) is 2.49. The van der Waals surface area contributed by atoms with Crippen molar-refractivity contribution < 1.29 is 8.78 Å². The third-order valence-corrected chi connectivity index (χ3v) is 4.89. The Morgan fingerprint density at radius 3 is 2.42 bits per heavy atom. The van der Waals surface area contributed by atoms with E-state index in [1.807, 2.05) is 0 Å². The molecule has 0 aliphatic carbocycles. The molecule has 0 spiro atoms. The van der Waals surface area contributed by atoms with Gasteiger partial charge in [0.2, 0.25) is 0 Å². The quantitative estimate of drug-likeness (QED) is 0.492. The minimum absolute atomic E-state index is 0.0167. The summed E-state index contributed by atoms with van der Waals surface area (Å²) >= 11 is 16.8. The van der Waals surface area contributed by atoms with Gasteiger partial charge < -0.3 is 0 Å². The zero-order valence-electron chi connectivity index (χ0n) is 12.0. The van der Waals surface area contributed by atoms with Crippen LogP contribution in [0.5, 0.6) is 0 Å². The highest BCUT2D eigenvalue weighted by atomic mass is 35.5. The van der Waals surface area contributed by atoms with E-state index in [0.29, 0.717) is 11.1 Å². The van der Waals surface area contributed by atoms with Crippen LogP contribution >= 0.6 is 35.8 Å². The predicted molar refractivity (Wildman–Crippen MR) is 93.7 cm³/mol. The SMILES string of the molecule is Fc1ccc(F)c(C(S)(c2ccc(Cl)nc2)c2ccncc2Cl)c1. The molecule has 3 aromatic rings. The van der Waals surface area contributed by atoms with Crippen molar-refractivity contribution in [2.75, 3.05) is 0 Å². The summed E-state index contributed by atoms with van der Waals surface area (Å²) in [4.78, 5) is 7.95. The van der Waals surface area contributed by atoms with Crippen LogP contribution in [0.1, 0.15) is 16.7 Å². The molecule has 24 heavy (non-hydrogen) atoms. The second-order valence-corrected chi connectivity index (χ2v) is 6.52. The average Bonchev–Trinajstić information content (AvgIpc) is 2.57. The van der Waals surface area contributed by atoms with Crippen molar-refractivity contribution in [1.29, 1.82) is 0 Å². The Kier molecular flexibility index (Phi) is 4.76. The maximum atomic E-state index is 14.5. The number of thiol groups is 1. The molecule has 0 aliphatic heterocycles. The Morgan fingerprint density at radius 1 is 0.958 bits per heavy atom. The first kappa shape index (κ1) is 17.1. The Balaban J connectivity index is 2.35. The number of halogens is 4. The zero-order valence-corrected chi connectivity index (χ0v) is 14.5. The van der Waals surface area contributed by atoms with Crippen LogP contribution < -0.4 is 0 Å². The number of pyridine rings is 2. The smallest absolute Gasteiger partial charge is 0.129 e. The lowest BCUT2D eigenvalue weighted by Crippen LogP contribution is -2.25. The van der Waals surface area contributed by atoms with E-state index in [9.17, 15) is 8.78 Å².